The van der Waals surface area contributed by atoms with E-state index < -0.39 is 10.0 Å². The minimum Gasteiger partial charge on any atom is -0.495 e. The van der Waals surface area contributed by atoms with Crippen LogP contribution >= 0.6 is 0 Å². The lowest BCUT2D eigenvalue weighted by Gasteiger charge is -2.33. The molecular weight excluding hydrogens is 474 g/mol. The van der Waals surface area contributed by atoms with Gasteiger partial charge in [0, 0.05) is 38.3 Å². The average Bonchev–Trinajstić information content (AvgIpc) is 2.90. The highest BCUT2D eigenvalue weighted by Crippen LogP contribution is 2.30. The Balaban J connectivity index is 1.43. The van der Waals surface area contributed by atoms with Gasteiger partial charge in [0.25, 0.3) is 5.91 Å². The summed E-state index contributed by atoms with van der Waals surface area (Å²) in [5.74, 6) is 0.0732. The molecule has 0 atom stereocenters. The van der Waals surface area contributed by atoms with Crippen LogP contribution in [0.4, 0.5) is 5.69 Å². The molecule has 0 radical (unpaired) electrons. The number of benzene rings is 3. The lowest BCUT2D eigenvalue weighted by atomic mass is 10.1. The van der Waals surface area contributed by atoms with Crippen molar-refractivity contribution in [2.45, 2.75) is 11.8 Å². The van der Waals surface area contributed by atoms with Crippen LogP contribution in [0.3, 0.4) is 0 Å². The van der Waals surface area contributed by atoms with E-state index in [9.17, 15) is 13.2 Å². The monoisotopic (exact) mass is 505 g/mol. The molecule has 0 aliphatic carbocycles. The van der Waals surface area contributed by atoms with Crippen molar-refractivity contribution in [2.24, 2.45) is 0 Å². The number of nitrogens with one attached hydrogen (secondary N) is 1. The fourth-order valence-corrected chi connectivity index (χ4v) is 5.62. The number of methoxy groups -OCH3 is 1. The van der Waals surface area contributed by atoms with Crippen molar-refractivity contribution in [1.29, 1.82) is 0 Å². The van der Waals surface area contributed by atoms with Crippen LogP contribution in [0.15, 0.2) is 83.8 Å². The van der Waals surface area contributed by atoms with Crippen molar-refractivity contribution in [3.8, 4) is 5.75 Å². The van der Waals surface area contributed by atoms with E-state index in [-0.39, 0.29) is 10.8 Å². The number of piperazine rings is 1. The van der Waals surface area contributed by atoms with E-state index >= 15 is 0 Å². The first-order valence-electron chi connectivity index (χ1n) is 11.9. The topological polar surface area (TPSA) is 79.0 Å². The molecule has 8 heteroatoms. The Bertz CT molecular complexity index is 1330. The van der Waals surface area contributed by atoms with Gasteiger partial charge in [-0.2, -0.15) is 4.31 Å². The van der Waals surface area contributed by atoms with E-state index in [1.54, 1.807) is 18.2 Å². The smallest absolute Gasteiger partial charge is 0.256 e. The van der Waals surface area contributed by atoms with Gasteiger partial charge in [0.05, 0.1) is 17.7 Å². The molecule has 0 bridgehead atoms. The Hall–Kier alpha value is -3.46. The molecule has 1 aliphatic rings. The summed E-state index contributed by atoms with van der Waals surface area (Å²) in [4.78, 5) is 15.2. The molecule has 1 heterocycles. The molecule has 3 aromatic carbocycles. The number of nitrogens with zero attached hydrogens (tertiary/aromatic N) is 2. The lowest BCUT2D eigenvalue weighted by molar-refractivity contribution is 0.102. The van der Waals surface area contributed by atoms with Crippen LogP contribution in [-0.2, 0) is 10.0 Å². The number of carbonyl (C=O) groups is 1. The molecule has 0 aromatic heterocycles. The summed E-state index contributed by atoms with van der Waals surface area (Å²) in [6.07, 6.45) is 4.18. The molecule has 188 valence electrons. The fourth-order valence-electron chi connectivity index (χ4n) is 4.17. The Kier molecular flexibility index (Phi) is 8.20. The maximum absolute atomic E-state index is 13.4. The van der Waals surface area contributed by atoms with Crippen LogP contribution in [0.2, 0.25) is 0 Å². The standard InChI is InChI=1S/C28H31N3O4S/c1-22-9-6-7-13-25(22)28(32)29-26-21-24(14-15-27(26)35-2)36(33,34)31-19-17-30(18-20-31)16-8-12-23-10-4-3-5-11-23/h3-15,21H,16-20H2,1-2H3,(H,29,32)/b12-8+. The third kappa shape index (κ3) is 6.02. The van der Waals surface area contributed by atoms with Crippen LogP contribution in [0.5, 0.6) is 5.75 Å². The SMILES string of the molecule is COc1ccc(S(=O)(=O)N2CCN(C/C=C/c3ccccc3)CC2)cc1NC(=O)c1ccccc1C. The van der Waals surface area contributed by atoms with E-state index in [0.29, 0.717) is 43.2 Å². The number of hydrogen-bond donors (Lipinski definition) is 1. The average molecular weight is 506 g/mol. The molecule has 0 saturated carbocycles. The number of anilines is 1. The number of hydrogen-bond acceptors (Lipinski definition) is 5. The number of aryl methyl sites for hydroxylation is 1. The zero-order chi connectivity index (χ0) is 25.5. The van der Waals surface area contributed by atoms with E-state index in [2.05, 4.69) is 22.4 Å². The summed E-state index contributed by atoms with van der Waals surface area (Å²) < 4.78 is 33.7. The van der Waals surface area contributed by atoms with Crippen LogP contribution in [0.25, 0.3) is 6.08 Å². The quantitative estimate of drug-likeness (QED) is 0.495. The van der Waals surface area contributed by atoms with Gasteiger partial charge in [0.2, 0.25) is 10.0 Å². The van der Waals surface area contributed by atoms with Crippen molar-refractivity contribution in [2.75, 3.05) is 45.2 Å². The Labute approximate surface area is 213 Å². The van der Waals surface area contributed by atoms with Crippen molar-refractivity contribution in [1.82, 2.24) is 9.21 Å². The first-order chi connectivity index (χ1) is 17.4. The summed E-state index contributed by atoms with van der Waals surface area (Å²) in [5, 5.41) is 2.81. The summed E-state index contributed by atoms with van der Waals surface area (Å²) in [6.45, 7) is 4.71. The summed E-state index contributed by atoms with van der Waals surface area (Å²) in [7, 11) is -2.24. The molecule has 1 amide bonds. The predicted octanol–water partition coefficient (Wildman–Crippen LogP) is 4.28. The van der Waals surface area contributed by atoms with Gasteiger partial charge in [-0.15, -0.1) is 0 Å². The number of ether oxygens (including phenoxy) is 1. The maximum Gasteiger partial charge on any atom is 0.256 e. The highest BCUT2D eigenvalue weighted by atomic mass is 32.2. The van der Waals surface area contributed by atoms with Crippen molar-refractivity contribution >= 4 is 27.7 Å². The number of sulfonamides is 1. The highest BCUT2D eigenvalue weighted by Gasteiger charge is 2.29. The first kappa shape index (κ1) is 25.6. The van der Waals surface area contributed by atoms with E-state index in [1.165, 1.54) is 23.5 Å². The molecule has 0 unspecified atom stereocenters. The van der Waals surface area contributed by atoms with Crippen LogP contribution in [0.1, 0.15) is 21.5 Å². The van der Waals surface area contributed by atoms with Gasteiger partial charge < -0.3 is 10.1 Å². The third-order valence-corrected chi connectivity index (χ3v) is 8.15. The zero-order valence-electron chi connectivity index (χ0n) is 20.6. The van der Waals surface area contributed by atoms with E-state index in [0.717, 1.165) is 17.7 Å². The van der Waals surface area contributed by atoms with Gasteiger partial charge in [-0.05, 0) is 42.3 Å². The van der Waals surface area contributed by atoms with Crippen molar-refractivity contribution in [3.63, 3.8) is 0 Å². The van der Waals surface area contributed by atoms with Crippen LogP contribution < -0.4 is 10.1 Å². The molecule has 1 aliphatic heterocycles. The molecule has 0 spiro atoms. The van der Waals surface area contributed by atoms with Gasteiger partial charge in [-0.3, -0.25) is 9.69 Å². The molecule has 4 rings (SSSR count). The summed E-state index contributed by atoms with van der Waals surface area (Å²) >= 11 is 0. The molecule has 36 heavy (non-hydrogen) atoms. The zero-order valence-corrected chi connectivity index (χ0v) is 21.4. The van der Waals surface area contributed by atoms with Gasteiger partial charge in [-0.25, -0.2) is 8.42 Å². The van der Waals surface area contributed by atoms with E-state index in [4.69, 9.17) is 4.74 Å². The van der Waals surface area contributed by atoms with Gasteiger partial charge in [0.15, 0.2) is 0 Å². The molecule has 3 aromatic rings. The maximum atomic E-state index is 13.4. The summed E-state index contributed by atoms with van der Waals surface area (Å²) in [5.41, 5.74) is 2.81. The van der Waals surface area contributed by atoms with Crippen molar-refractivity contribution < 1.29 is 17.9 Å². The molecule has 1 fully saturated rings. The van der Waals surface area contributed by atoms with Gasteiger partial charge in [0.1, 0.15) is 5.75 Å². The van der Waals surface area contributed by atoms with E-state index in [1.807, 2.05) is 49.4 Å². The van der Waals surface area contributed by atoms with Gasteiger partial charge >= 0.3 is 0 Å². The molecule has 1 N–H and O–H groups in total. The second-order valence-corrected chi connectivity index (χ2v) is 10.6. The lowest BCUT2D eigenvalue weighted by Crippen LogP contribution is -2.48. The molecule has 1 saturated heterocycles. The largest absolute Gasteiger partial charge is 0.495 e. The fraction of sp³-hybridized carbons (Fsp3) is 0.250. The Morgan fingerprint density at radius 3 is 2.36 bits per heavy atom. The minimum absolute atomic E-state index is 0.126. The third-order valence-electron chi connectivity index (χ3n) is 6.25. The number of rotatable bonds is 8. The molecule has 7 nitrogen and oxygen atoms in total. The first-order valence-corrected chi connectivity index (χ1v) is 13.3. The minimum atomic E-state index is -3.72. The van der Waals surface area contributed by atoms with Crippen LogP contribution in [-0.4, -0.2) is 63.4 Å². The predicted molar refractivity (Wildman–Crippen MR) is 143 cm³/mol. The second kappa shape index (κ2) is 11.5. The summed E-state index contributed by atoms with van der Waals surface area (Å²) in [6, 6.07) is 21.9. The number of carbonyl (C=O) groups excluding carboxylic acids is 1. The Morgan fingerprint density at radius 1 is 0.972 bits per heavy atom. The normalized spacial score (nSPS) is 15.2. The molecular formula is C28H31N3O4S. The second-order valence-electron chi connectivity index (χ2n) is 8.65. The highest BCUT2D eigenvalue weighted by molar-refractivity contribution is 7.89. The number of amides is 1. The van der Waals surface area contributed by atoms with Crippen LogP contribution in [0, 0.1) is 6.92 Å². The van der Waals surface area contributed by atoms with Gasteiger partial charge in [-0.1, -0.05) is 60.7 Å². The van der Waals surface area contributed by atoms with Crippen molar-refractivity contribution in [3.05, 3.63) is 95.6 Å². The Morgan fingerprint density at radius 2 is 1.67 bits per heavy atom.